The van der Waals surface area contributed by atoms with Gasteiger partial charge in [-0.2, -0.15) is 0 Å². The zero-order valence-electron chi connectivity index (χ0n) is 11.8. The molecule has 2 nitrogen and oxygen atoms in total. The molecule has 0 bridgehead atoms. The zero-order chi connectivity index (χ0) is 14.3. The van der Waals surface area contributed by atoms with Crippen LogP contribution in [0.1, 0.15) is 47.5 Å². The average Bonchev–Trinajstić information content (AvgIpc) is 2.73. The molecule has 1 atom stereocenters. The van der Waals surface area contributed by atoms with Gasteiger partial charge in [0.25, 0.3) is 0 Å². The van der Waals surface area contributed by atoms with Gasteiger partial charge in [0.15, 0.2) is 0 Å². The van der Waals surface area contributed by atoms with Crippen LogP contribution in [0.5, 0.6) is 0 Å². The summed E-state index contributed by atoms with van der Waals surface area (Å²) in [6, 6.07) is 8.49. The maximum atomic E-state index is 6.32. The van der Waals surface area contributed by atoms with Gasteiger partial charge < -0.3 is 5.73 Å². The molecule has 2 aromatic rings. The Morgan fingerprint density at radius 3 is 2.90 bits per heavy atom. The van der Waals surface area contributed by atoms with Gasteiger partial charge in [0.1, 0.15) is 0 Å². The minimum atomic E-state index is 0.152. The maximum absolute atomic E-state index is 6.32. The van der Waals surface area contributed by atoms with E-state index in [0.29, 0.717) is 0 Å². The number of fused-ring (bicyclic) bond motifs is 1. The lowest BCUT2D eigenvalue weighted by Gasteiger charge is -2.32. The third kappa shape index (κ3) is 2.83. The Bertz CT molecular complexity index is 633. The summed E-state index contributed by atoms with van der Waals surface area (Å²) in [5.41, 5.74) is 9.10. The fourth-order valence-corrected chi connectivity index (χ4v) is 4.46. The topological polar surface area (TPSA) is 38.9 Å². The van der Waals surface area contributed by atoms with E-state index in [0.717, 1.165) is 23.7 Å². The Morgan fingerprint density at radius 1 is 1.40 bits per heavy atom. The second kappa shape index (κ2) is 5.24. The molecule has 1 aliphatic rings. The van der Waals surface area contributed by atoms with Crippen molar-refractivity contribution < 1.29 is 0 Å². The van der Waals surface area contributed by atoms with E-state index in [2.05, 4.69) is 48.0 Å². The Labute approximate surface area is 132 Å². The summed E-state index contributed by atoms with van der Waals surface area (Å²) in [6.45, 7) is 4.56. The van der Waals surface area contributed by atoms with Gasteiger partial charge in [-0.05, 0) is 29.9 Å². The summed E-state index contributed by atoms with van der Waals surface area (Å²) in [5.74, 6) is 0. The fraction of sp³-hybridized carbons (Fsp3) is 0.438. The van der Waals surface area contributed by atoms with E-state index in [1.54, 1.807) is 11.3 Å². The van der Waals surface area contributed by atoms with E-state index >= 15 is 0 Å². The Hall–Kier alpha value is -0.710. The normalized spacial score (nSPS) is 20.7. The van der Waals surface area contributed by atoms with Gasteiger partial charge in [-0.25, -0.2) is 4.98 Å². The molecule has 0 fully saturated rings. The molecule has 0 aliphatic heterocycles. The lowest BCUT2D eigenvalue weighted by atomic mass is 9.77. The number of nitrogens with zero attached hydrogens (tertiary/aromatic N) is 1. The van der Waals surface area contributed by atoms with Crippen LogP contribution in [0.2, 0.25) is 0 Å². The monoisotopic (exact) mass is 350 g/mol. The van der Waals surface area contributed by atoms with Crippen molar-refractivity contribution in [3.8, 4) is 0 Å². The summed E-state index contributed by atoms with van der Waals surface area (Å²) in [6.07, 6.45) is 2.98. The van der Waals surface area contributed by atoms with Crippen LogP contribution in [-0.4, -0.2) is 4.98 Å². The molecular weight excluding hydrogens is 332 g/mol. The number of benzene rings is 1. The van der Waals surface area contributed by atoms with Crippen molar-refractivity contribution >= 4 is 27.3 Å². The first kappa shape index (κ1) is 14.2. The van der Waals surface area contributed by atoms with Crippen molar-refractivity contribution in [1.29, 1.82) is 0 Å². The molecule has 0 saturated carbocycles. The van der Waals surface area contributed by atoms with Crippen LogP contribution in [0.4, 0.5) is 0 Å². The molecule has 0 amide bonds. The second-order valence-electron chi connectivity index (χ2n) is 6.34. The number of thiazole rings is 1. The van der Waals surface area contributed by atoms with Crippen LogP contribution in [0.15, 0.2) is 28.7 Å². The first-order valence-corrected chi connectivity index (χ1v) is 8.53. The second-order valence-corrected chi connectivity index (χ2v) is 8.31. The van der Waals surface area contributed by atoms with Gasteiger partial charge in [-0.1, -0.05) is 48.0 Å². The van der Waals surface area contributed by atoms with Gasteiger partial charge in [0, 0.05) is 21.8 Å². The lowest BCUT2D eigenvalue weighted by molar-refractivity contribution is 0.282. The minimum Gasteiger partial charge on any atom is -0.323 e. The zero-order valence-corrected chi connectivity index (χ0v) is 14.2. The predicted octanol–water partition coefficient (Wildman–Crippen LogP) is 4.47. The standard InChI is InChI=1S/C16H19BrN2S/c1-16(2)8-12(18)15-13(9-16)19-14(20-15)7-10-5-3-4-6-11(10)17/h3-6,12H,7-9,18H2,1-2H3. The number of halogens is 1. The van der Waals surface area contributed by atoms with E-state index in [9.17, 15) is 0 Å². The molecule has 0 saturated heterocycles. The predicted molar refractivity (Wildman–Crippen MR) is 88.1 cm³/mol. The van der Waals surface area contributed by atoms with Crippen LogP contribution in [0, 0.1) is 5.41 Å². The Kier molecular flexibility index (Phi) is 3.73. The molecule has 0 radical (unpaired) electrons. The molecule has 106 valence electrons. The third-order valence-electron chi connectivity index (χ3n) is 3.83. The molecule has 3 rings (SSSR count). The van der Waals surface area contributed by atoms with E-state index in [1.807, 2.05) is 6.07 Å². The summed E-state index contributed by atoms with van der Waals surface area (Å²) in [5, 5.41) is 1.18. The first-order valence-electron chi connectivity index (χ1n) is 6.92. The molecule has 1 heterocycles. The molecule has 1 aromatic heterocycles. The van der Waals surface area contributed by atoms with Crippen molar-refractivity contribution in [2.75, 3.05) is 0 Å². The smallest absolute Gasteiger partial charge is 0.0975 e. The van der Waals surface area contributed by atoms with E-state index < -0.39 is 0 Å². The Morgan fingerprint density at radius 2 is 2.15 bits per heavy atom. The highest BCUT2D eigenvalue weighted by Gasteiger charge is 2.33. The first-order chi connectivity index (χ1) is 9.44. The number of nitrogens with two attached hydrogens (primary N) is 1. The van der Waals surface area contributed by atoms with Crippen LogP contribution in [0.3, 0.4) is 0 Å². The van der Waals surface area contributed by atoms with Crippen molar-refractivity contribution in [2.24, 2.45) is 11.1 Å². The van der Waals surface area contributed by atoms with Gasteiger partial charge >= 0.3 is 0 Å². The lowest BCUT2D eigenvalue weighted by Crippen LogP contribution is -2.28. The van der Waals surface area contributed by atoms with Gasteiger partial charge in [0.2, 0.25) is 0 Å². The summed E-state index contributed by atoms with van der Waals surface area (Å²) < 4.78 is 1.15. The highest BCUT2D eigenvalue weighted by molar-refractivity contribution is 9.10. The van der Waals surface area contributed by atoms with Crippen molar-refractivity contribution in [3.63, 3.8) is 0 Å². The van der Waals surface area contributed by atoms with Gasteiger partial charge in [-0.15, -0.1) is 11.3 Å². The van der Waals surface area contributed by atoms with E-state index in [4.69, 9.17) is 10.7 Å². The number of hydrogen-bond donors (Lipinski definition) is 1. The fourth-order valence-electron chi connectivity index (χ4n) is 2.92. The van der Waals surface area contributed by atoms with Crippen LogP contribution < -0.4 is 5.73 Å². The molecule has 1 aromatic carbocycles. The van der Waals surface area contributed by atoms with Crippen LogP contribution in [0.25, 0.3) is 0 Å². The quantitative estimate of drug-likeness (QED) is 0.867. The molecular formula is C16H19BrN2S. The van der Waals surface area contributed by atoms with Crippen molar-refractivity contribution in [3.05, 3.63) is 49.9 Å². The molecule has 2 N–H and O–H groups in total. The molecule has 1 unspecified atom stereocenters. The number of aromatic nitrogens is 1. The number of rotatable bonds is 2. The van der Waals surface area contributed by atoms with Crippen molar-refractivity contribution in [2.45, 2.75) is 39.2 Å². The SMILES string of the molecule is CC1(C)Cc2nc(Cc3ccccc3Br)sc2C(N)C1. The molecule has 0 spiro atoms. The largest absolute Gasteiger partial charge is 0.323 e. The summed E-state index contributed by atoms with van der Waals surface area (Å²) >= 11 is 5.40. The maximum Gasteiger partial charge on any atom is 0.0975 e. The molecule has 20 heavy (non-hydrogen) atoms. The minimum absolute atomic E-state index is 0.152. The van der Waals surface area contributed by atoms with E-state index in [1.165, 1.54) is 21.1 Å². The Balaban J connectivity index is 1.89. The highest BCUT2D eigenvalue weighted by Crippen LogP contribution is 2.42. The van der Waals surface area contributed by atoms with Gasteiger partial charge in [-0.3, -0.25) is 0 Å². The van der Waals surface area contributed by atoms with E-state index in [-0.39, 0.29) is 11.5 Å². The average molecular weight is 351 g/mol. The highest BCUT2D eigenvalue weighted by atomic mass is 79.9. The summed E-state index contributed by atoms with van der Waals surface area (Å²) in [4.78, 5) is 6.15. The molecule has 4 heteroatoms. The third-order valence-corrected chi connectivity index (χ3v) is 5.83. The van der Waals surface area contributed by atoms with Crippen LogP contribution >= 0.6 is 27.3 Å². The number of hydrogen-bond acceptors (Lipinski definition) is 3. The summed E-state index contributed by atoms with van der Waals surface area (Å²) in [7, 11) is 0. The van der Waals surface area contributed by atoms with Crippen molar-refractivity contribution in [1.82, 2.24) is 4.98 Å². The van der Waals surface area contributed by atoms with Gasteiger partial charge in [0.05, 0.1) is 10.7 Å². The van der Waals surface area contributed by atoms with Crippen LogP contribution in [-0.2, 0) is 12.8 Å². The molecule has 1 aliphatic carbocycles.